The molecule has 0 aromatic heterocycles. The van der Waals surface area contributed by atoms with E-state index in [2.05, 4.69) is 4.72 Å². The molecule has 17 heavy (non-hydrogen) atoms. The van der Waals surface area contributed by atoms with Crippen molar-refractivity contribution in [2.24, 2.45) is 5.92 Å². The molecule has 1 unspecified atom stereocenters. The minimum atomic E-state index is -3.07. The molecule has 1 N–H and O–H groups in total. The summed E-state index contributed by atoms with van der Waals surface area (Å²) in [4.78, 5) is 0. The summed E-state index contributed by atoms with van der Waals surface area (Å²) in [5.74, 6) is 0.678. The predicted molar refractivity (Wildman–Crippen MR) is 72.9 cm³/mol. The molecule has 1 saturated carbocycles. The van der Waals surface area contributed by atoms with Gasteiger partial charge in [0.05, 0.1) is 5.75 Å². The maximum Gasteiger partial charge on any atom is 0.211 e. The van der Waals surface area contributed by atoms with Gasteiger partial charge in [-0.1, -0.05) is 19.3 Å². The molecule has 0 amide bonds. The summed E-state index contributed by atoms with van der Waals surface area (Å²) in [7, 11) is -3.07. The van der Waals surface area contributed by atoms with Gasteiger partial charge in [-0.15, -0.1) is 11.6 Å². The highest BCUT2D eigenvalue weighted by Crippen LogP contribution is 2.24. The summed E-state index contributed by atoms with van der Waals surface area (Å²) in [5.41, 5.74) is 0. The lowest BCUT2D eigenvalue weighted by molar-refractivity contribution is 0.384. The average molecular weight is 282 g/mol. The fraction of sp³-hybridized carbons (Fsp3) is 1.00. The van der Waals surface area contributed by atoms with Gasteiger partial charge < -0.3 is 0 Å². The van der Waals surface area contributed by atoms with E-state index in [-0.39, 0.29) is 5.38 Å². The zero-order chi connectivity index (χ0) is 12.7. The SMILES string of the molecule is CC(Cl)CCCNS(=O)(=O)CC1CCCCC1. The van der Waals surface area contributed by atoms with Gasteiger partial charge in [-0.05, 0) is 38.5 Å². The molecule has 0 spiro atoms. The molecule has 1 fully saturated rings. The summed E-state index contributed by atoms with van der Waals surface area (Å²) >= 11 is 5.81. The number of hydrogen-bond acceptors (Lipinski definition) is 2. The summed E-state index contributed by atoms with van der Waals surface area (Å²) in [5, 5.41) is 0.123. The summed E-state index contributed by atoms with van der Waals surface area (Å²) < 4.78 is 26.3. The molecule has 1 rings (SSSR count). The Morgan fingerprint density at radius 1 is 1.29 bits per heavy atom. The van der Waals surface area contributed by atoms with Gasteiger partial charge >= 0.3 is 0 Å². The van der Waals surface area contributed by atoms with Crippen LogP contribution in [0.1, 0.15) is 51.9 Å². The molecule has 0 aromatic rings. The van der Waals surface area contributed by atoms with Crippen LogP contribution >= 0.6 is 11.6 Å². The van der Waals surface area contributed by atoms with Gasteiger partial charge in [-0.2, -0.15) is 0 Å². The highest BCUT2D eigenvalue weighted by atomic mass is 35.5. The molecular weight excluding hydrogens is 258 g/mol. The number of alkyl halides is 1. The lowest BCUT2D eigenvalue weighted by Gasteiger charge is -2.21. The Hall–Kier alpha value is 0.200. The monoisotopic (exact) mass is 281 g/mol. The molecule has 1 atom stereocenters. The van der Waals surface area contributed by atoms with Crippen molar-refractivity contribution in [3.05, 3.63) is 0 Å². The molecule has 5 heteroatoms. The van der Waals surface area contributed by atoms with E-state index in [1.807, 2.05) is 6.92 Å². The quantitative estimate of drug-likeness (QED) is 0.576. The van der Waals surface area contributed by atoms with E-state index in [1.54, 1.807) is 0 Å². The van der Waals surface area contributed by atoms with Gasteiger partial charge in [0.2, 0.25) is 10.0 Å². The molecule has 1 aliphatic carbocycles. The van der Waals surface area contributed by atoms with E-state index in [0.29, 0.717) is 18.2 Å². The van der Waals surface area contributed by atoms with Crippen LogP contribution in [0.2, 0.25) is 0 Å². The zero-order valence-electron chi connectivity index (χ0n) is 10.6. The van der Waals surface area contributed by atoms with Gasteiger partial charge in [0.15, 0.2) is 0 Å². The van der Waals surface area contributed by atoms with Crippen molar-refractivity contribution in [2.75, 3.05) is 12.3 Å². The van der Waals surface area contributed by atoms with Crippen molar-refractivity contribution < 1.29 is 8.42 Å². The third-order valence-corrected chi connectivity index (χ3v) is 5.05. The molecule has 0 radical (unpaired) electrons. The van der Waals surface area contributed by atoms with Crippen molar-refractivity contribution in [1.82, 2.24) is 4.72 Å². The first-order valence-electron chi connectivity index (χ1n) is 6.61. The predicted octanol–water partition coefficient (Wildman–Crippen LogP) is 2.89. The Morgan fingerprint density at radius 3 is 2.53 bits per heavy atom. The van der Waals surface area contributed by atoms with Crippen LogP contribution in [0.25, 0.3) is 0 Å². The highest BCUT2D eigenvalue weighted by molar-refractivity contribution is 7.89. The van der Waals surface area contributed by atoms with E-state index >= 15 is 0 Å². The number of hydrogen-bond donors (Lipinski definition) is 1. The van der Waals surface area contributed by atoms with Gasteiger partial charge in [0.1, 0.15) is 0 Å². The molecule has 3 nitrogen and oxygen atoms in total. The molecule has 0 bridgehead atoms. The van der Waals surface area contributed by atoms with Crippen molar-refractivity contribution in [3.63, 3.8) is 0 Å². The Bertz CT molecular complexity index is 298. The lowest BCUT2D eigenvalue weighted by Crippen LogP contribution is -2.31. The van der Waals surface area contributed by atoms with Crippen LogP contribution in [0.3, 0.4) is 0 Å². The Kier molecular flexibility index (Phi) is 6.82. The first-order chi connectivity index (χ1) is 7.99. The Labute approximate surface area is 110 Å². The van der Waals surface area contributed by atoms with Crippen LogP contribution in [0.5, 0.6) is 0 Å². The highest BCUT2D eigenvalue weighted by Gasteiger charge is 2.20. The number of sulfonamides is 1. The lowest BCUT2D eigenvalue weighted by atomic mass is 9.91. The first-order valence-corrected chi connectivity index (χ1v) is 8.70. The van der Waals surface area contributed by atoms with Crippen LogP contribution in [-0.4, -0.2) is 26.1 Å². The fourth-order valence-electron chi connectivity index (χ4n) is 2.33. The fourth-order valence-corrected chi connectivity index (χ4v) is 4.02. The normalized spacial score (nSPS) is 20.4. The summed E-state index contributed by atoms with van der Waals surface area (Å²) in [6, 6.07) is 0. The van der Waals surface area contributed by atoms with E-state index in [9.17, 15) is 8.42 Å². The molecule has 0 heterocycles. The second-order valence-corrected chi connectivity index (χ2v) is 7.70. The van der Waals surface area contributed by atoms with Gasteiger partial charge in [0.25, 0.3) is 0 Å². The second-order valence-electron chi connectivity index (χ2n) is 5.10. The van der Waals surface area contributed by atoms with Gasteiger partial charge in [-0.3, -0.25) is 0 Å². The first kappa shape index (κ1) is 15.3. The second kappa shape index (κ2) is 7.59. The van der Waals surface area contributed by atoms with Crippen molar-refractivity contribution in [2.45, 2.75) is 57.2 Å². The topological polar surface area (TPSA) is 46.2 Å². The minimum absolute atomic E-state index is 0.123. The third-order valence-electron chi connectivity index (χ3n) is 3.28. The number of nitrogens with one attached hydrogen (secondary N) is 1. The Balaban J connectivity index is 2.20. The Morgan fingerprint density at radius 2 is 1.94 bits per heavy atom. The maximum absolute atomic E-state index is 11.8. The number of halogens is 1. The molecule has 0 saturated heterocycles. The molecule has 0 aliphatic heterocycles. The van der Waals surface area contributed by atoms with Crippen LogP contribution in [0, 0.1) is 5.92 Å². The van der Waals surface area contributed by atoms with Crippen LogP contribution in [0.4, 0.5) is 0 Å². The molecule has 102 valence electrons. The van der Waals surface area contributed by atoms with Crippen LogP contribution < -0.4 is 4.72 Å². The van der Waals surface area contributed by atoms with Crippen molar-refractivity contribution in [3.8, 4) is 0 Å². The zero-order valence-corrected chi connectivity index (χ0v) is 12.2. The van der Waals surface area contributed by atoms with E-state index in [0.717, 1.165) is 25.7 Å². The minimum Gasteiger partial charge on any atom is -0.215 e. The molecule has 1 aliphatic rings. The van der Waals surface area contributed by atoms with E-state index in [4.69, 9.17) is 11.6 Å². The smallest absolute Gasteiger partial charge is 0.211 e. The van der Waals surface area contributed by atoms with Gasteiger partial charge in [-0.25, -0.2) is 13.1 Å². The van der Waals surface area contributed by atoms with Crippen LogP contribution in [0.15, 0.2) is 0 Å². The molecule has 0 aromatic carbocycles. The van der Waals surface area contributed by atoms with E-state index < -0.39 is 10.0 Å². The van der Waals surface area contributed by atoms with Crippen molar-refractivity contribution in [1.29, 1.82) is 0 Å². The number of rotatable bonds is 7. The largest absolute Gasteiger partial charge is 0.215 e. The summed E-state index contributed by atoms with van der Waals surface area (Å²) in [6.07, 6.45) is 7.44. The van der Waals surface area contributed by atoms with Crippen molar-refractivity contribution >= 4 is 21.6 Å². The van der Waals surface area contributed by atoms with Crippen LogP contribution in [-0.2, 0) is 10.0 Å². The third kappa shape index (κ3) is 7.27. The van der Waals surface area contributed by atoms with Gasteiger partial charge in [0, 0.05) is 11.9 Å². The maximum atomic E-state index is 11.8. The standard InChI is InChI=1S/C12H24ClNO2S/c1-11(13)6-5-9-14-17(15,16)10-12-7-3-2-4-8-12/h11-12,14H,2-10H2,1H3. The van der Waals surface area contributed by atoms with E-state index in [1.165, 1.54) is 19.3 Å². The average Bonchev–Trinajstić information content (AvgIpc) is 2.25. The molecular formula is C12H24ClNO2S. The summed E-state index contributed by atoms with van der Waals surface area (Å²) in [6.45, 7) is 2.45.